The van der Waals surface area contributed by atoms with E-state index in [-0.39, 0.29) is 24.3 Å². The number of fused-ring (bicyclic) bond motifs is 1. The van der Waals surface area contributed by atoms with Gasteiger partial charge in [-0.2, -0.15) is 0 Å². The Hall–Kier alpha value is -2.99. The molecule has 0 spiro atoms. The van der Waals surface area contributed by atoms with E-state index >= 15 is 0 Å². The summed E-state index contributed by atoms with van der Waals surface area (Å²) in [5.74, 6) is 0.473. The third-order valence-electron chi connectivity index (χ3n) is 4.89. The number of aromatic nitrogens is 1. The molecule has 2 heterocycles. The zero-order valence-electron chi connectivity index (χ0n) is 16.4. The molecule has 2 aromatic carbocycles. The number of ether oxygens (including phenoxy) is 1. The second-order valence-corrected chi connectivity index (χ2v) is 7.88. The van der Waals surface area contributed by atoms with Crippen molar-refractivity contribution in [1.29, 1.82) is 0 Å². The summed E-state index contributed by atoms with van der Waals surface area (Å²) in [6.45, 7) is 5.41. The summed E-state index contributed by atoms with van der Waals surface area (Å²) in [4.78, 5) is 26.9. The zero-order chi connectivity index (χ0) is 20.4. The van der Waals surface area contributed by atoms with Crippen LogP contribution in [-0.4, -0.2) is 33.8 Å². The molecule has 1 aromatic heterocycles. The number of carbonyl (C=O) groups is 2. The van der Waals surface area contributed by atoms with Crippen molar-refractivity contribution in [1.82, 2.24) is 9.47 Å². The van der Waals surface area contributed by atoms with Crippen molar-refractivity contribution in [3.05, 3.63) is 70.8 Å². The number of hydrogen-bond donors (Lipinski definition) is 0. The van der Waals surface area contributed by atoms with Crippen LogP contribution in [0.5, 0.6) is 5.75 Å². The van der Waals surface area contributed by atoms with Gasteiger partial charge in [0.2, 0.25) is 0 Å². The molecule has 29 heavy (non-hydrogen) atoms. The quantitative estimate of drug-likeness (QED) is 0.536. The fourth-order valence-electron chi connectivity index (χ4n) is 3.45. The standard InChI is InChI=1S/C23H22N2O3S/c1-3-24-15-17(19-9-4-5-10-20(19)24)14-21-22(26)25(23(27)29-21)11-12-28-18-8-6-7-16(2)13-18/h4-10,13-15H,3,11-12H2,1-2H3/b21-14-. The number of rotatable bonds is 6. The molecule has 5 nitrogen and oxygen atoms in total. The maximum absolute atomic E-state index is 12.8. The Morgan fingerprint density at radius 2 is 1.93 bits per heavy atom. The lowest BCUT2D eigenvalue weighted by atomic mass is 10.1. The van der Waals surface area contributed by atoms with Crippen molar-refractivity contribution in [3.8, 4) is 5.75 Å². The van der Waals surface area contributed by atoms with E-state index in [1.54, 1.807) is 0 Å². The Bertz CT molecular complexity index is 1120. The van der Waals surface area contributed by atoms with Gasteiger partial charge in [0.25, 0.3) is 11.1 Å². The number of amides is 2. The van der Waals surface area contributed by atoms with Crippen molar-refractivity contribution in [2.24, 2.45) is 0 Å². The first kappa shape index (κ1) is 19.3. The minimum Gasteiger partial charge on any atom is -0.492 e. The summed E-state index contributed by atoms with van der Waals surface area (Å²) in [6.07, 6.45) is 3.85. The van der Waals surface area contributed by atoms with E-state index in [1.165, 1.54) is 4.90 Å². The van der Waals surface area contributed by atoms with Crippen LogP contribution < -0.4 is 4.74 Å². The van der Waals surface area contributed by atoms with Gasteiger partial charge < -0.3 is 9.30 Å². The van der Waals surface area contributed by atoms with Crippen LogP contribution in [0.4, 0.5) is 4.79 Å². The predicted molar refractivity (Wildman–Crippen MR) is 117 cm³/mol. The molecule has 148 valence electrons. The number of carbonyl (C=O) groups excluding carboxylic acids is 2. The molecule has 1 aliphatic rings. The van der Waals surface area contributed by atoms with E-state index in [1.807, 2.05) is 61.7 Å². The summed E-state index contributed by atoms with van der Waals surface area (Å²) in [7, 11) is 0. The van der Waals surface area contributed by atoms with Crippen LogP contribution in [-0.2, 0) is 11.3 Å². The lowest BCUT2D eigenvalue weighted by molar-refractivity contribution is -0.123. The highest BCUT2D eigenvalue weighted by atomic mass is 32.2. The van der Waals surface area contributed by atoms with E-state index in [9.17, 15) is 9.59 Å². The van der Waals surface area contributed by atoms with E-state index in [0.717, 1.165) is 46.1 Å². The van der Waals surface area contributed by atoms with Crippen molar-refractivity contribution < 1.29 is 14.3 Å². The van der Waals surface area contributed by atoms with Crippen LogP contribution in [0.15, 0.2) is 59.6 Å². The molecule has 3 aromatic rings. The van der Waals surface area contributed by atoms with E-state index in [2.05, 4.69) is 17.6 Å². The molecule has 1 aliphatic heterocycles. The van der Waals surface area contributed by atoms with E-state index < -0.39 is 0 Å². The number of nitrogens with zero attached hydrogens (tertiary/aromatic N) is 2. The third-order valence-corrected chi connectivity index (χ3v) is 5.80. The molecule has 0 radical (unpaired) electrons. The summed E-state index contributed by atoms with van der Waals surface area (Å²) in [5.41, 5.74) is 3.17. The fraction of sp³-hybridized carbons (Fsp3) is 0.217. The van der Waals surface area contributed by atoms with Gasteiger partial charge in [0.05, 0.1) is 11.4 Å². The number of hydrogen-bond acceptors (Lipinski definition) is 4. The molecular formula is C23H22N2O3S. The van der Waals surface area contributed by atoms with Crippen LogP contribution in [0, 0.1) is 6.92 Å². The maximum Gasteiger partial charge on any atom is 0.293 e. The number of benzene rings is 2. The molecule has 0 bridgehead atoms. The van der Waals surface area contributed by atoms with Gasteiger partial charge in [0.15, 0.2) is 0 Å². The number of para-hydroxylation sites is 1. The molecule has 0 N–H and O–H groups in total. The van der Waals surface area contributed by atoms with Gasteiger partial charge in [-0.1, -0.05) is 30.3 Å². The Morgan fingerprint density at radius 1 is 1.10 bits per heavy atom. The molecule has 0 unspecified atom stereocenters. The van der Waals surface area contributed by atoms with Gasteiger partial charge in [-0.05, 0) is 55.4 Å². The predicted octanol–water partition coefficient (Wildman–Crippen LogP) is 5.08. The summed E-state index contributed by atoms with van der Waals surface area (Å²) >= 11 is 0.984. The number of aryl methyl sites for hydroxylation is 2. The Kier molecular flexibility index (Phi) is 5.45. The van der Waals surface area contributed by atoms with Gasteiger partial charge in [-0.25, -0.2) is 0 Å². The van der Waals surface area contributed by atoms with Crippen LogP contribution in [0.2, 0.25) is 0 Å². The molecule has 2 amide bonds. The van der Waals surface area contributed by atoms with Gasteiger partial charge >= 0.3 is 0 Å². The minimum absolute atomic E-state index is 0.229. The van der Waals surface area contributed by atoms with Crippen LogP contribution in [0.1, 0.15) is 18.1 Å². The van der Waals surface area contributed by atoms with E-state index in [0.29, 0.717) is 4.91 Å². The molecule has 0 aliphatic carbocycles. The third kappa shape index (κ3) is 3.93. The molecular weight excluding hydrogens is 384 g/mol. The van der Waals surface area contributed by atoms with Gasteiger partial charge in [0, 0.05) is 29.2 Å². The lowest BCUT2D eigenvalue weighted by Gasteiger charge is -2.13. The highest BCUT2D eigenvalue weighted by molar-refractivity contribution is 8.18. The minimum atomic E-state index is -0.263. The largest absolute Gasteiger partial charge is 0.492 e. The van der Waals surface area contributed by atoms with E-state index in [4.69, 9.17) is 4.74 Å². The van der Waals surface area contributed by atoms with Gasteiger partial charge in [-0.15, -0.1) is 0 Å². The maximum atomic E-state index is 12.8. The van der Waals surface area contributed by atoms with Crippen molar-refractivity contribution in [2.75, 3.05) is 13.2 Å². The SMILES string of the molecule is CCn1cc(/C=C2\SC(=O)N(CCOc3cccc(C)c3)C2=O)c2ccccc21. The molecule has 0 saturated carbocycles. The second kappa shape index (κ2) is 8.17. The van der Waals surface area contributed by atoms with Crippen LogP contribution >= 0.6 is 11.8 Å². The Labute approximate surface area is 173 Å². The van der Waals surface area contributed by atoms with Gasteiger partial charge in [0.1, 0.15) is 12.4 Å². The first-order chi connectivity index (χ1) is 14.1. The van der Waals surface area contributed by atoms with Crippen molar-refractivity contribution >= 4 is 39.9 Å². The van der Waals surface area contributed by atoms with Crippen LogP contribution in [0.3, 0.4) is 0 Å². The topological polar surface area (TPSA) is 51.5 Å². The molecule has 1 saturated heterocycles. The first-order valence-electron chi connectivity index (χ1n) is 9.59. The van der Waals surface area contributed by atoms with Gasteiger partial charge in [-0.3, -0.25) is 14.5 Å². The Morgan fingerprint density at radius 3 is 2.72 bits per heavy atom. The normalized spacial score (nSPS) is 15.7. The average molecular weight is 407 g/mol. The first-order valence-corrected chi connectivity index (χ1v) is 10.4. The number of thioether (sulfide) groups is 1. The zero-order valence-corrected chi connectivity index (χ0v) is 17.2. The summed E-state index contributed by atoms with van der Waals surface area (Å²) < 4.78 is 7.84. The summed E-state index contributed by atoms with van der Waals surface area (Å²) in [6, 6.07) is 15.8. The number of imide groups is 1. The smallest absolute Gasteiger partial charge is 0.293 e. The molecule has 4 rings (SSSR count). The molecule has 1 fully saturated rings. The average Bonchev–Trinajstić information content (AvgIpc) is 3.20. The highest BCUT2D eigenvalue weighted by Crippen LogP contribution is 2.34. The fourth-order valence-corrected chi connectivity index (χ4v) is 4.30. The second-order valence-electron chi connectivity index (χ2n) is 6.89. The monoisotopic (exact) mass is 406 g/mol. The van der Waals surface area contributed by atoms with Crippen molar-refractivity contribution in [3.63, 3.8) is 0 Å². The van der Waals surface area contributed by atoms with Crippen molar-refractivity contribution in [2.45, 2.75) is 20.4 Å². The highest BCUT2D eigenvalue weighted by Gasteiger charge is 2.35. The van der Waals surface area contributed by atoms with Crippen LogP contribution in [0.25, 0.3) is 17.0 Å². The summed E-state index contributed by atoms with van der Waals surface area (Å²) in [5, 5.41) is 0.817. The Balaban J connectivity index is 1.49. The molecule has 0 atom stereocenters. The molecule has 6 heteroatoms. The lowest BCUT2D eigenvalue weighted by Crippen LogP contribution is -2.32.